The monoisotopic (exact) mass is 891 g/mol. The molecule has 0 radical (unpaired) electrons. The van der Waals surface area contributed by atoms with Gasteiger partial charge in [-0.05, 0) is 96.0 Å². The Bertz CT molecular complexity index is 1560. The highest BCUT2D eigenvalue weighted by molar-refractivity contribution is 5.84. The number of rotatable bonds is 19. The summed E-state index contributed by atoms with van der Waals surface area (Å²) in [4.78, 5) is 40.2. The molecule has 5 heterocycles. The number of carboxylic acids is 1. The van der Waals surface area contributed by atoms with Crippen LogP contribution in [-0.4, -0.2) is 105 Å². The van der Waals surface area contributed by atoms with Crippen molar-refractivity contribution in [2.45, 2.75) is 238 Å². The van der Waals surface area contributed by atoms with Crippen LogP contribution >= 0.6 is 0 Å². The van der Waals surface area contributed by atoms with Gasteiger partial charge in [-0.3, -0.25) is 9.59 Å². The highest BCUT2D eigenvalue weighted by Gasteiger charge is 2.63. The van der Waals surface area contributed by atoms with Gasteiger partial charge >= 0.3 is 12.0 Å². The minimum Gasteiger partial charge on any atom is -0.481 e. The Balaban J connectivity index is 1.37. The van der Waals surface area contributed by atoms with E-state index >= 15 is 0 Å². The molecule has 2 spiro atoms. The van der Waals surface area contributed by atoms with Crippen LogP contribution in [0.1, 0.15) is 172 Å². The lowest BCUT2D eigenvalue weighted by Gasteiger charge is -2.55. The minimum atomic E-state index is -1.32. The van der Waals surface area contributed by atoms with E-state index in [9.17, 15) is 29.7 Å². The summed E-state index contributed by atoms with van der Waals surface area (Å²) in [5, 5.41) is 39.2. The lowest BCUT2D eigenvalue weighted by molar-refractivity contribution is -0.397. The van der Waals surface area contributed by atoms with Gasteiger partial charge in [0.1, 0.15) is 11.8 Å². The zero-order valence-corrected chi connectivity index (χ0v) is 40.7. The van der Waals surface area contributed by atoms with Crippen molar-refractivity contribution in [1.29, 1.82) is 0 Å². The number of aliphatic hydroxyl groups is 2. The number of carboxylic acid groups (broad SMARTS) is 1. The van der Waals surface area contributed by atoms with E-state index in [1.54, 1.807) is 6.92 Å². The second-order valence-electron chi connectivity index (χ2n) is 20.8. The summed E-state index contributed by atoms with van der Waals surface area (Å²) in [6.07, 6.45) is 12.1. The van der Waals surface area contributed by atoms with Gasteiger partial charge in [0.15, 0.2) is 11.6 Å². The number of hydrogen-bond acceptors (Lipinski definition) is 10. The third kappa shape index (κ3) is 11.2. The van der Waals surface area contributed by atoms with Crippen molar-refractivity contribution >= 4 is 17.8 Å². The van der Waals surface area contributed by atoms with E-state index in [0.29, 0.717) is 64.3 Å². The van der Waals surface area contributed by atoms with Gasteiger partial charge in [0, 0.05) is 36.6 Å². The van der Waals surface area contributed by atoms with Crippen molar-refractivity contribution in [3.63, 3.8) is 0 Å². The Morgan fingerprint density at radius 1 is 0.841 bits per heavy atom. The van der Waals surface area contributed by atoms with Crippen molar-refractivity contribution in [2.75, 3.05) is 6.54 Å². The Hall–Kier alpha value is -2.13. The number of ketones is 1. The topological polar surface area (TPSA) is 182 Å². The molecule has 5 aliphatic rings. The van der Waals surface area contributed by atoms with E-state index < -0.39 is 76.8 Å². The maximum absolute atomic E-state index is 14.7. The fourth-order valence-corrected chi connectivity index (χ4v) is 11.8. The molecule has 5 N–H and O–H groups in total. The van der Waals surface area contributed by atoms with E-state index in [4.69, 9.17) is 23.7 Å². The first-order valence-electron chi connectivity index (χ1n) is 25.0. The van der Waals surface area contributed by atoms with E-state index in [0.717, 1.165) is 32.1 Å². The number of hydrogen-bond donors (Lipinski definition) is 5. The molecule has 0 aromatic rings. The minimum absolute atomic E-state index is 0.0122. The normalized spacial score (nSPS) is 40.6. The summed E-state index contributed by atoms with van der Waals surface area (Å²) < 4.78 is 34.6. The Kier molecular flexibility index (Phi) is 17.8. The maximum atomic E-state index is 14.7. The molecule has 0 aromatic heterocycles. The first kappa shape index (κ1) is 51.8. The average Bonchev–Trinajstić information content (AvgIpc) is 3.59. The number of amides is 2. The summed E-state index contributed by atoms with van der Waals surface area (Å²) in [6.45, 7) is 22.5. The van der Waals surface area contributed by atoms with E-state index in [-0.39, 0.29) is 47.9 Å². The molecule has 2 amide bonds. The molecule has 0 unspecified atom stereocenters. The molecule has 362 valence electrons. The second-order valence-corrected chi connectivity index (χ2v) is 20.8. The number of carbonyl (C=O) groups excluding carboxylic acids is 2. The molecule has 4 saturated heterocycles. The number of nitrogens with one attached hydrogen (secondary N) is 2. The molecule has 0 aromatic carbocycles. The third-order valence-electron chi connectivity index (χ3n) is 16.3. The van der Waals surface area contributed by atoms with Crippen LogP contribution in [0.25, 0.3) is 0 Å². The fourth-order valence-electron chi connectivity index (χ4n) is 11.8. The summed E-state index contributed by atoms with van der Waals surface area (Å²) in [5.41, 5.74) is -1.69. The number of urea groups is 1. The number of aliphatic hydroxyl groups excluding tert-OH is 1. The van der Waals surface area contributed by atoms with E-state index in [1.807, 2.05) is 53.7 Å². The first-order chi connectivity index (χ1) is 29.7. The molecule has 5 rings (SSSR count). The van der Waals surface area contributed by atoms with Crippen molar-refractivity contribution in [3.8, 4) is 0 Å². The van der Waals surface area contributed by atoms with Crippen LogP contribution in [0.3, 0.4) is 0 Å². The molecule has 13 nitrogen and oxygen atoms in total. The lowest BCUT2D eigenvalue weighted by atomic mass is 9.72. The summed E-state index contributed by atoms with van der Waals surface area (Å²) in [6, 6.07) is -0.954. The number of carbonyl (C=O) groups is 3. The molecular weight excluding hydrogens is 805 g/mol. The standard InChI is InChI=1S/C50H86N2O11/c1-12-16-17-18-19-28-51-46(57)52-39-22-25-49(63-50(39)27-26-47(11,62-50)40-23-24-48(58,15-4)35(10)59-40)32(7)29-31(6)44(61-49)37(14-3)42(54)33(8)41(53)34(9)43-30(5)20-21-38(60-43)36(13-2)45(55)56/h22,25,30-41,43-44,53,58H,12-21,23-24,26-29H2,1-11H3,(H,55,56)(H2,51,52,57)/t30-,31-,32+,33-,34-,35-,36+,37-,38+,39+,40+,41+,43+,44-,47-,48+,49-,50-/m0/s1. The lowest BCUT2D eigenvalue weighted by Crippen LogP contribution is -2.66. The van der Waals surface area contributed by atoms with Gasteiger partial charge in [0.05, 0.1) is 53.7 Å². The van der Waals surface area contributed by atoms with Gasteiger partial charge in [-0.1, -0.05) is 94.1 Å². The number of unbranched alkanes of at least 4 members (excludes halogenated alkanes) is 4. The van der Waals surface area contributed by atoms with Gasteiger partial charge in [0.25, 0.3) is 0 Å². The second kappa shape index (κ2) is 21.7. The van der Waals surface area contributed by atoms with Gasteiger partial charge in [-0.2, -0.15) is 0 Å². The molecule has 13 heteroatoms. The highest BCUT2D eigenvalue weighted by Crippen LogP contribution is 2.54. The predicted octanol–water partition coefficient (Wildman–Crippen LogP) is 8.47. The van der Waals surface area contributed by atoms with Crippen LogP contribution in [0.4, 0.5) is 4.79 Å². The van der Waals surface area contributed by atoms with Crippen LogP contribution in [0, 0.1) is 41.4 Å². The smallest absolute Gasteiger partial charge is 0.315 e. The van der Waals surface area contributed by atoms with Crippen molar-refractivity contribution < 1.29 is 53.4 Å². The van der Waals surface area contributed by atoms with E-state index in [2.05, 4.69) is 38.3 Å². The van der Waals surface area contributed by atoms with Crippen LogP contribution < -0.4 is 10.6 Å². The van der Waals surface area contributed by atoms with Crippen molar-refractivity contribution in [3.05, 3.63) is 12.2 Å². The Morgan fingerprint density at radius 3 is 2.17 bits per heavy atom. The van der Waals surface area contributed by atoms with Crippen LogP contribution in [-0.2, 0) is 33.3 Å². The molecule has 18 atom stereocenters. The molecular formula is C50H86N2O11. The maximum Gasteiger partial charge on any atom is 0.315 e. The molecule has 0 bridgehead atoms. The Labute approximate surface area is 378 Å². The van der Waals surface area contributed by atoms with Crippen LogP contribution in [0.5, 0.6) is 0 Å². The number of Topliss-reactive ketones (excluding diaryl/α,β-unsaturated/α-hetero) is 1. The average molecular weight is 891 g/mol. The van der Waals surface area contributed by atoms with Gasteiger partial charge in [-0.15, -0.1) is 0 Å². The zero-order chi connectivity index (χ0) is 46.5. The SMILES string of the molecule is CCCCCCCNC(=O)N[C@@H]1C=C[C@]2(O[C@H]([C@@H](CC)C(=O)[C@@H](C)[C@@H](O)[C@H](C)[C@@H]3O[C@@H]([C@@H](CC)C(=O)O)CC[C@@H]3C)[C@@H](C)C[C@H]2C)O[C@@]12CC[C@@](C)([C@H]1CC[C@](O)(CC)[C@H](C)O1)O2. The molecule has 5 aliphatic heterocycles. The summed E-state index contributed by atoms with van der Waals surface area (Å²) >= 11 is 0. The largest absolute Gasteiger partial charge is 0.481 e. The van der Waals surface area contributed by atoms with Crippen molar-refractivity contribution in [2.24, 2.45) is 41.4 Å². The molecule has 63 heavy (non-hydrogen) atoms. The molecule has 0 saturated carbocycles. The molecule has 0 aliphatic carbocycles. The summed E-state index contributed by atoms with van der Waals surface area (Å²) in [7, 11) is 0. The molecule has 4 fully saturated rings. The zero-order valence-electron chi connectivity index (χ0n) is 40.7. The fraction of sp³-hybridized carbons (Fsp3) is 0.900. The third-order valence-corrected chi connectivity index (χ3v) is 16.3. The first-order valence-corrected chi connectivity index (χ1v) is 25.0. The highest BCUT2D eigenvalue weighted by atomic mass is 16.8. The van der Waals surface area contributed by atoms with Gasteiger partial charge in [-0.25, -0.2) is 4.79 Å². The number of aliphatic carboxylic acids is 1. The Morgan fingerprint density at radius 2 is 1.54 bits per heavy atom. The van der Waals surface area contributed by atoms with Crippen molar-refractivity contribution in [1.82, 2.24) is 10.6 Å². The van der Waals surface area contributed by atoms with Gasteiger partial charge < -0.3 is 49.6 Å². The van der Waals surface area contributed by atoms with Crippen LogP contribution in [0.2, 0.25) is 0 Å². The van der Waals surface area contributed by atoms with Gasteiger partial charge in [0.2, 0.25) is 0 Å². The predicted molar refractivity (Wildman–Crippen MR) is 242 cm³/mol. The summed E-state index contributed by atoms with van der Waals surface area (Å²) in [5.74, 6) is -5.91. The van der Waals surface area contributed by atoms with Crippen LogP contribution in [0.15, 0.2) is 12.2 Å². The quantitative estimate of drug-likeness (QED) is 0.0620. The van der Waals surface area contributed by atoms with E-state index in [1.165, 1.54) is 6.42 Å². The number of ether oxygens (including phenoxy) is 5.